The zero-order valence-electron chi connectivity index (χ0n) is 9.01. The summed E-state index contributed by atoms with van der Waals surface area (Å²) >= 11 is 3.35. The Bertz CT molecular complexity index is 451. The molecule has 0 amide bonds. The number of hydrogen-bond acceptors (Lipinski definition) is 5. The molecule has 1 aromatic carbocycles. The number of hydrogen-bond donors (Lipinski definition) is 1. The maximum Gasteiger partial charge on any atom is 0.147 e. The van der Waals surface area contributed by atoms with Crippen molar-refractivity contribution in [2.75, 3.05) is 12.8 Å². The molecule has 0 saturated carbocycles. The fourth-order valence-electron chi connectivity index (χ4n) is 1.33. The largest absolute Gasteiger partial charge is 0.330 e. The van der Waals surface area contributed by atoms with E-state index in [0.29, 0.717) is 6.54 Å². The van der Waals surface area contributed by atoms with Gasteiger partial charge in [0.1, 0.15) is 10.0 Å². The van der Waals surface area contributed by atoms with Gasteiger partial charge in [-0.1, -0.05) is 23.5 Å². The Morgan fingerprint density at radius 1 is 1.25 bits per heavy atom. The van der Waals surface area contributed by atoms with Gasteiger partial charge in [0.15, 0.2) is 0 Å². The average molecular weight is 251 g/mol. The van der Waals surface area contributed by atoms with Gasteiger partial charge in [-0.05, 0) is 24.9 Å². The molecule has 2 N–H and O–H groups in total. The first-order valence-electron chi connectivity index (χ1n) is 5.00. The summed E-state index contributed by atoms with van der Waals surface area (Å²) in [4.78, 5) is 1.26. The molecular weight excluding hydrogens is 238 g/mol. The molecule has 0 fully saturated rings. The number of aromatic nitrogens is 2. The molecule has 2 rings (SSSR count). The summed E-state index contributed by atoms with van der Waals surface area (Å²) in [6.45, 7) is 0.625. The molecule has 0 aliphatic carbocycles. The smallest absolute Gasteiger partial charge is 0.147 e. The first kappa shape index (κ1) is 11.6. The zero-order valence-corrected chi connectivity index (χ0v) is 10.6. The van der Waals surface area contributed by atoms with Gasteiger partial charge in [-0.3, -0.25) is 0 Å². The summed E-state index contributed by atoms with van der Waals surface area (Å²) in [6.07, 6.45) is 2.87. The molecule has 0 radical (unpaired) electrons. The van der Waals surface area contributed by atoms with E-state index in [1.165, 1.54) is 4.90 Å². The van der Waals surface area contributed by atoms with Gasteiger partial charge in [0.05, 0.1) is 0 Å². The van der Waals surface area contributed by atoms with Crippen molar-refractivity contribution in [3.63, 3.8) is 0 Å². The molecule has 2 aromatic rings. The molecule has 0 unspecified atom stereocenters. The van der Waals surface area contributed by atoms with Crippen LogP contribution in [0.25, 0.3) is 10.6 Å². The van der Waals surface area contributed by atoms with Crippen LogP contribution in [0.5, 0.6) is 0 Å². The van der Waals surface area contributed by atoms with Crippen LogP contribution in [-0.2, 0) is 6.42 Å². The Morgan fingerprint density at radius 2 is 2.00 bits per heavy atom. The van der Waals surface area contributed by atoms with Crippen molar-refractivity contribution >= 4 is 23.1 Å². The monoisotopic (exact) mass is 251 g/mol. The van der Waals surface area contributed by atoms with Crippen molar-refractivity contribution < 1.29 is 0 Å². The van der Waals surface area contributed by atoms with Crippen LogP contribution < -0.4 is 5.73 Å². The highest BCUT2D eigenvalue weighted by Gasteiger charge is 2.05. The van der Waals surface area contributed by atoms with E-state index in [9.17, 15) is 0 Å². The van der Waals surface area contributed by atoms with Crippen molar-refractivity contribution in [1.29, 1.82) is 0 Å². The lowest BCUT2D eigenvalue weighted by Crippen LogP contribution is -2.01. The van der Waals surface area contributed by atoms with Crippen molar-refractivity contribution in [3.8, 4) is 10.6 Å². The molecular formula is C11H13N3S2. The molecule has 0 atom stereocenters. The molecule has 3 nitrogen and oxygen atoms in total. The van der Waals surface area contributed by atoms with Gasteiger partial charge in [-0.25, -0.2) is 0 Å². The summed E-state index contributed by atoms with van der Waals surface area (Å²) < 4.78 is 0. The van der Waals surface area contributed by atoms with E-state index in [1.54, 1.807) is 23.1 Å². The minimum atomic E-state index is 0.625. The standard InChI is InChI=1S/C11H13N3S2/c1-15-9-4-2-8(3-5-9)11-14-13-10(16-11)6-7-12/h2-5H,6-7,12H2,1H3. The van der Waals surface area contributed by atoms with E-state index in [2.05, 4.69) is 40.7 Å². The third-order valence-corrected chi connectivity index (χ3v) is 3.94. The average Bonchev–Trinajstić information content (AvgIpc) is 2.78. The van der Waals surface area contributed by atoms with Crippen LogP contribution >= 0.6 is 23.1 Å². The van der Waals surface area contributed by atoms with E-state index in [-0.39, 0.29) is 0 Å². The molecule has 0 spiro atoms. The van der Waals surface area contributed by atoms with Gasteiger partial charge in [0.25, 0.3) is 0 Å². The predicted molar refractivity (Wildman–Crippen MR) is 69.9 cm³/mol. The second kappa shape index (κ2) is 5.43. The fraction of sp³-hybridized carbons (Fsp3) is 0.273. The van der Waals surface area contributed by atoms with E-state index < -0.39 is 0 Å². The molecule has 0 aliphatic heterocycles. The quantitative estimate of drug-likeness (QED) is 0.848. The van der Waals surface area contributed by atoms with Crippen molar-refractivity contribution in [1.82, 2.24) is 10.2 Å². The lowest BCUT2D eigenvalue weighted by Gasteiger charge is -1.97. The summed E-state index contributed by atoms with van der Waals surface area (Å²) in [5, 5.41) is 10.2. The molecule has 84 valence electrons. The van der Waals surface area contributed by atoms with Crippen LogP contribution in [0, 0.1) is 0 Å². The highest BCUT2D eigenvalue weighted by molar-refractivity contribution is 7.98. The van der Waals surface area contributed by atoms with Crippen LogP contribution in [0.1, 0.15) is 5.01 Å². The molecule has 5 heteroatoms. The number of thioether (sulfide) groups is 1. The first-order chi connectivity index (χ1) is 7.83. The fourth-order valence-corrected chi connectivity index (χ4v) is 2.60. The van der Waals surface area contributed by atoms with Crippen LogP contribution in [-0.4, -0.2) is 23.0 Å². The normalized spacial score (nSPS) is 10.6. The first-order valence-corrected chi connectivity index (χ1v) is 7.04. The summed E-state index contributed by atoms with van der Waals surface area (Å²) in [5.41, 5.74) is 6.61. The van der Waals surface area contributed by atoms with Crippen LogP contribution in [0.15, 0.2) is 29.2 Å². The Hall–Kier alpha value is -0.910. The zero-order chi connectivity index (χ0) is 11.4. The highest BCUT2D eigenvalue weighted by atomic mass is 32.2. The second-order valence-electron chi connectivity index (χ2n) is 3.27. The van der Waals surface area contributed by atoms with Crippen LogP contribution in [0.2, 0.25) is 0 Å². The topological polar surface area (TPSA) is 51.8 Å². The molecule has 1 aromatic heterocycles. The number of benzene rings is 1. The number of nitrogens with two attached hydrogens (primary N) is 1. The van der Waals surface area contributed by atoms with E-state index in [1.807, 2.05) is 0 Å². The van der Waals surface area contributed by atoms with Gasteiger partial charge in [-0.2, -0.15) is 0 Å². The summed E-state index contributed by atoms with van der Waals surface area (Å²) in [7, 11) is 0. The lowest BCUT2D eigenvalue weighted by molar-refractivity contribution is 0.913. The van der Waals surface area contributed by atoms with Crippen LogP contribution in [0.3, 0.4) is 0 Å². The molecule has 0 saturated heterocycles. The van der Waals surface area contributed by atoms with Gasteiger partial charge in [-0.15, -0.1) is 22.0 Å². The van der Waals surface area contributed by atoms with Crippen molar-refractivity contribution in [2.24, 2.45) is 5.73 Å². The second-order valence-corrected chi connectivity index (χ2v) is 5.21. The maximum absolute atomic E-state index is 5.48. The van der Waals surface area contributed by atoms with E-state index in [0.717, 1.165) is 22.0 Å². The molecule has 0 aliphatic rings. The van der Waals surface area contributed by atoms with Gasteiger partial charge < -0.3 is 5.73 Å². The number of rotatable bonds is 4. The minimum absolute atomic E-state index is 0.625. The van der Waals surface area contributed by atoms with Crippen LogP contribution in [0.4, 0.5) is 0 Å². The predicted octanol–water partition coefficient (Wildman–Crippen LogP) is 2.43. The summed E-state index contributed by atoms with van der Waals surface area (Å²) in [6, 6.07) is 8.37. The molecule has 1 heterocycles. The number of nitrogens with zero attached hydrogens (tertiary/aromatic N) is 2. The molecule has 16 heavy (non-hydrogen) atoms. The van der Waals surface area contributed by atoms with Gasteiger partial charge >= 0.3 is 0 Å². The van der Waals surface area contributed by atoms with E-state index in [4.69, 9.17) is 5.73 Å². The van der Waals surface area contributed by atoms with Crippen molar-refractivity contribution in [2.45, 2.75) is 11.3 Å². The SMILES string of the molecule is CSc1ccc(-c2nnc(CCN)s2)cc1. The highest BCUT2D eigenvalue weighted by Crippen LogP contribution is 2.25. The van der Waals surface area contributed by atoms with Gasteiger partial charge in [0.2, 0.25) is 0 Å². The third-order valence-electron chi connectivity index (χ3n) is 2.16. The maximum atomic E-state index is 5.48. The molecule has 0 bridgehead atoms. The Balaban J connectivity index is 2.21. The summed E-state index contributed by atoms with van der Waals surface area (Å²) in [5.74, 6) is 0. The third kappa shape index (κ3) is 2.61. The van der Waals surface area contributed by atoms with Crippen molar-refractivity contribution in [3.05, 3.63) is 29.3 Å². The Labute approximate surface area is 103 Å². The Morgan fingerprint density at radius 3 is 2.62 bits per heavy atom. The lowest BCUT2D eigenvalue weighted by atomic mass is 10.2. The Kier molecular flexibility index (Phi) is 3.93. The van der Waals surface area contributed by atoms with Gasteiger partial charge in [0, 0.05) is 16.9 Å². The van der Waals surface area contributed by atoms with E-state index >= 15 is 0 Å². The minimum Gasteiger partial charge on any atom is -0.330 e.